The molecule has 0 amide bonds. The number of rotatable bonds is 7. The van der Waals surface area contributed by atoms with E-state index >= 15 is 0 Å². The smallest absolute Gasteiger partial charge is 0.0592 e. The van der Waals surface area contributed by atoms with Crippen LogP contribution < -0.4 is 0 Å². The van der Waals surface area contributed by atoms with E-state index in [2.05, 4.69) is 50.8 Å². The van der Waals surface area contributed by atoms with Crippen molar-refractivity contribution < 1.29 is 5.11 Å². The highest BCUT2D eigenvalue weighted by Crippen LogP contribution is 2.14. The maximum absolute atomic E-state index is 10.1. The Labute approximate surface area is 112 Å². The van der Waals surface area contributed by atoms with Crippen LogP contribution in [-0.2, 0) is 6.42 Å². The summed E-state index contributed by atoms with van der Waals surface area (Å²) in [4.78, 5) is 2.35. The van der Waals surface area contributed by atoms with Gasteiger partial charge in [0.1, 0.15) is 0 Å². The van der Waals surface area contributed by atoms with Gasteiger partial charge < -0.3 is 10.0 Å². The first-order valence-corrected chi connectivity index (χ1v) is 7.03. The number of benzene rings is 1. The lowest BCUT2D eigenvalue weighted by Gasteiger charge is -2.20. The summed E-state index contributed by atoms with van der Waals surface area (Å²) in [5, 5.41) is 10.1. The topological polar surface area (TPSA) is 23.5 Å². The molecular weight excluding hydrogens is 222 g/mol. The summed E-state index contributed by atoms with van der Waals surface area (Å²) in [6.07, 6.45) is 1.40. The third-order valence-corrected chi connectivity index (χ3v) is 3.63. The highest BCUT2D eigenvalue weighted by Gasteiger charge is 2.09. The zero-order chi connectivity index (χ0) is 13.5. The molecule has 1 rings (SSSR count). The van der Waals surface area contributed by atoms with E-state index in [1.54, 1.807) is 0 Å². The second-order valence-electron chi connectivity index (χ2n) is 5.10. The minimum Gasteiger partial charge on any atom is -0.393 e. The number of hydrogen-bond acceptors (Lipinski definition) is 2. The number of aryl methyl sites for hydroxylation is 2. The lowest BCUT2D eigenvalue weighted by Crippen LogP contribution is -2.27. The van der Waals surface area contributed by atoms with Crippen LogP contribution in [0.3, 0.4) is 0 Å². The number of aliphatic hydroxyl groups is 1. The van der Waals surface area contributed by atoms with Crippen LogP contribution >= 0.6 is 0 Å². The van der Waals surface area contributed by atoms with Gasteiger partial charge >= 0.3 is 0 Å². The number of nitrogens with zero attached hydrogens (tertiary/aromatic N) is 1. The Balaban J connectivity index is 2.48. The Bertz CT molecular complexity index is 358. The monoisotopic (exact) mass is 249 g/mol. The largest absolute Gasteiger partial charge is 0.393 e. The molecule has 0 bridgehead atoms. The van der Waals surface area contributed by atoms with Gasteiger partial charge in [0.2, 0.25) is 0 Å². The van der Waals surface area contributed by atoms with E-state index in [-0.39, 0.29) is 6.10 Å². The Hall–Kier alpha value is -0.860. The molecule has 0 aliphatic heterocycles. The fourth-order valence-electron chi connectivity index (χ4n) is 2.25. The van der Waals surface area contributed by atoms with Crippen molar-refractivity contribution in [1.82, 2.24) is 4.90 Å². The Kier molecular flexibility index (Phi) is 6.37. The van der Waals surface area contributed by atoms with Gasteiger partial charge in [-0.15, -0.1) is 0 Å². The molecule has 1 aromatic carbocycles. The van der Waals surface area contributed by atoms with E-state index in [0.29, 0.717) is 0 Å². The van der Waals surface area contributed by atoms with Crippen LogP contribution in [0.25, 0.3) is 0 Å². The lowest BCUT2D eigenvalue weighted by atomic mass is 9.99. The van der Waals surface area contributed by atoms with E-state index in [1.807, 2.05) is 0 Å². The van der Waals surface area contributed by atoms with Gasteiger partial charge in [0.15, 0.2) is 0 Å². The predicted molar refractivity (Wildman–Crippen MR) is 78.0 cm³/mol. The average Bonchev–Trinajstić information content (AvgIpc) is 2.35. The molecule has 0 saturated carbocycles. The van der Waals surface area contributed by atoms with Crippen LogP contribution in [0.4, 0.5) is 0 Å². The quantitative estimate of drug-likeness (QED) is 0.803. The first kappa shape index (κ1) is 15.2. The van der Waals surface area contributed by atoms with Crippen LogP contribution in [-0.4, -0.2) is 35.7 Å². The fraction of sp³-hybridized carbons (Fsp3) is 0.625. The molecule has 2 nitrogen and oxygen atoms in total. The van der Waals surface area contributed by atoms with Crippen molar-refractivity contribution in [2.45, 2.75) is 46.6 Å². The van der Waals surface area contributed by atoms with Gasteiger partial charge in [-0.25, -0.2) is 0 Å². The molecule has 0 saturated heterocycles. The molecule has 0 spiro atoms. The van der Waals surface area contributed by atoms with Gasteiger partial charge in [-0.2, -0.15) is 0 Å². The molecule has 0 fully saturated rings. The Morgan fingerprint density at radius 2 is 1.83 bits per heavy atom. The normalized spacial score (nSPS) is 13.0. The molecular formula is C16H27NO. The van der Waals surface area contributed by atoms with Crippen molar-refractivity contribution >= 4 is 0 Å². The fourth-order valence-corrected chi connectivity index (χ4v) is 2.25. The molecule has 1 aromatic rings. The van der Waals surface area contributed by atoms with Crippen LogP contribution in [0.5, 0.6) is 0 Å². The highest BCUT2D eigenvalue weighted by molar-refractivity contribution is 5.30. The summed E-state index contributed by atoms with van der Waals surface area (Å²) in [5.74, 6) is 0. The maximum atomic E-state index is 10.1. The predicted octanol–water partition coefficient (Wildman–Crippen LogP) is 2.94. The van der Waals surface area contributed by atoms with Crippen molar-refractivity contribution in [3.05, 3.63) is 34.9 Å². The summed E-state index contributed by atoms with van der Waals surface area (Å²) < 4.78 is 0. The molecule has 102 valence electrons. The SMILES string of the molecule is CCN(CC)CCC(O)Cc1cc(C)ccc1C. The molecule has 1 atom stereocenters. The zero-order valence-corrected chi connectivity index (χ0v) is 12.2. The van der Waals surface area contributed by atoms with Gasteiger partial charge in [0.25, 0.3) is 0 Å². The molecule has 0 heterocycles. The lowest BCUT2D eigenvalue weighted by molar-refractivity contribution is 0.143. The van der Waals surface area contributed by atoms with E-state index in [1.165, 1.54) is 16.7 Å². The van der Waals surface area contributed by atoms with Crippen molar-refractivity contribution in [3.8, 4) is 0 Å². The van der Waals surface area contributed by atoms with Crippen molar-refractivity contribution in [3.63, 3.8) is 0 Å². The third-order valence-electron chi connectivity index (χ3n) is 3.63. The third kappa shape index (κ3) is 4.79. The Morgan fingerprint density at radius 1 is 1.17 bits per heavy atom. The van der Waals surface area contributed by atoms with Crippen LogP contribution in [0.2, 0.25) is 0 Å². The van der Waals surface area contributed by atoms with Gasteiger partial charge in [0, 0.05) is 6.54 Å². The van der Waals surface area contributed by atoms with E-state index in [4.69, 9.17) is 0 Å². The maximum Gasteiger partial charge on any atom is 0.0592 e. The minimum atomic E-state index is -0.230. The molecule has 18 heavy (non-hydrogen) atoms. The Morgan fingerprint density at radius 3 is 2.44 bits per heavy atom. The van der Waals surface area contributed by atoms with Gasteiger partial charge in [0.05, 0.1) is 6.10 Å². The van der Waals surface area contributed by atoms with Crippen LogP contribution in [0.1, 0.15) is 37.0 Å². The zero-order valence-electron chi connectivity index (χ0n) is 12.2. The molecule has 1 N–H and O–H groups in total. The standard InChI is InChI=1S/C16H27NO/c1-5-17(6-2)10-9-16(18)12-15-11-13(3)7-8-14(15)4/h7-8,11,16,18H,5-6,9-10,12H2,1-4H3. The van der Waals surface area contributed by atoms with Crippen molar-refractivity contribution in [2.75, 3.05) is 19.6 Å². The van der Waals surface area contributed by atoms with Gasteiger partial charge in [-0.3, -0.25) is 0 Å². The van der Waals surface area contributed by atoms with Crippen molar-refractivity contribution in [1.29, 1.82) is 0 Å². The molecule has 0 aliphatic rings. The van der Waals surface area contributed by atoms with Crippen molar-refractivity contribution in [2.24, 2.45) is 0 Å². The van der Waals surface area contributed by atoms with E-state index in [0.717, 1.165) is 32.5 Å². The molecule has 2 heteroatoms. The highest BCUT2D eigenvalue weighted by atomic mass is 16.3. The molecule has 1 unspecified atom stereocenters. The molecule has 0 aromatic heterocycles. The van der Waals surface area contributed by atoms with Gasteiger partial charge in [-0.05, 0) is 50.9 Å². The summed E-state index contributed by atoms with van der Waals surface area (Å²) in [7, 11) is 0. The second-order valence-corrected chi connectivity index (χ2v) is 5.10. The molecule has 0 aliphatic carbocycles. The first-order valence-electron chi connectivity index (χ1n) is 7.03. The van der Waals surface area contributed by atoms with Crippen LogP contribution in [0, 0.1) is 13.8 Å². The summed E-state index contributed by atoms with van der Waals surface area (Å²) in [5.41, 5.74) is 3.83. The van der Waals surface area contributed by atoms with E-state index in [9.17, 15) is 5.11 Å². The number of hydrogen-bond donors (Lipinski definition) is 1. The molecule has 0 radical (unpaired) electrons. The second kappa shape index (κ2) is 7.55. The number of aliphatic hydroxyl groups excluding tert-OH is 1. The average molecular weight is 249 g/mol. The minimum absolute atomic E-state index is 0.230. The first-order chi connectivity index (χ1) is 8.56. The van der Waals surface area contributed by atoms with Gasteiger partial charge in [-0.1, -0.05) is 37.6 Å². The summed E-state index contributed by atoms with van der Waals surface area (Å²) >= 11 is 0. The summed E-state index contributed by atoms with van der Waals surface area (Å²) in [6.45, 7) is 11.7. The van der Waals surface area contributed by atoms with E-state index < -0.39 is 0 Å². The van der Waals surface area contributed by atoms with Crippen LogP contribution in [0.15, 0.2) is 18.2 Å². The summed E-state index contributed by atoms with van der Waals surface area (Å²) in [6, 6.07) is 6.46.